The summed E-state index contributed by atoms with van der Waals surface area (Å²) >= 11 is 0. The van der Waals surface area contributed by atoms with Crippen LogP contribution in [-0.4, -0.2) is 44.2 Å². The maximum Gasteiger partial charge on any atom is 0.324 e. The number of carbonyl (C=O) groups is 1. The van der Waals surface area contributed by atoms with Gasteiger partial charge in [-0.2, -0.15) is 0 Å². The highest BCUT2D eigenvalue weighted by atomic mass is 16.2. The highest BCUT2D eigenvalue weighted by molar-refractivity contribution is 5.91. The molecule has 2 aromatic rings. The number of nitrogens with zero attached hydrogens (tertiary/aromatic N) is 3. The first-order valence-electron chi connectivity index (χ1n) is 8.04. The van der Waals surface area contributed by atoms with Crippen molar-refractivity contribution in [2.75, 3.05) is 43.0 Å². The first-order valence-corrected chi connectivity index (χ1v) is 8.04. The Bertz CT molecular complexity index is 663. The van der Waals surface area contributed by atoms with Crippen molar-refractivity contribution in [3.05, 3.63) is 60.2 Å². The third kappa shape index (κ3) is 3.47. The van der Waals surface area contributed by atoms with Crippen molar-refractivity contribution in [3.63, 3.8) is 0 Å². The topological polar surface area (TPSA) is 26.8 Å². The zero-order valence-electron chi connectivity index (χ0n) is 13.8. The fraction of sp³-hybridized carbons (Fsp3) is 0.316. The smallest absolute Gasteiger partial charge is 0.324 e. The average molecular weight is 309 g/mol. The molecule has 4 nitrogen and oxygen atoms in total. The number of hydrogen-bond acceptors (Lipinski definition) is 2. The van der Waals surface area contributed by atoms with Crippen LogP contribution in [0.3, 0.4) is 0 Å². The molecule has 0 atom stereocenters. The van der Waals surface area contributed by atoms with Crippen molar-refractivity contribution in [1.29, 1.82) is 0 Å². The van der Waals surface area contributed by atoms with E-state index >= 15 is 0 Å². The van der Waals surface area contributed by atoms with Crippen LogP contribution in [0.15, 0.2) is 54.6 Å². The van der Waals surface area contributed by atoms with Gasteiger partial charge in [0.25, 0.3) is 0 Å². The largest absolute Gasteiger partial charge is 0.368 e. The summed E-state index contributed by atoms with van der Waals surface area (Å²) in [6.07, 6.45) is 0. The van der Waals surface area contributed by atoms with Crippen LogP contribution < -0.4 is 9.80 Å². The average Bonchev–Trinajstić information content (AvgIpc) is 2.61. The Labute approximate surface area is 137 Å². The van der Waals surface area contributed by atoms with E-state index in [2.05, 4.69) is 36.1 Å². The minimum atomic E-state index is 0.0695. The summed E-state index contributed by atoms with van der Waals surface area (Å²) in [6, 6.07) is 18.4. The van der Waals surface area contributed by atoms with E-state index < -0.39 is 0 Å². The second-order valence-electron chi connectivity index (χ2n) is 5.99. The molecule has 2 amide bonds. The predicted molar refractivity (Wildman–Crippen MR) is 95.2 cm³/mol. The van der Waals surface area contributed by atoms with Crippen LogP contribution in [0.4, 0.5) is 16.2 Å². The molecular formula is C19H23N3O. The van der Waals surface area contributed by atoms with Crippen molar-refractivity contribution in [2.45, 2.75) is 6.92 Å². The third-order valence-electron chi connectivity index (χ3n) is 4.35. The molecule has 2 aromatic carbocycles. The summed E-state index contributed by atoms with van der Waals surface area (Å²) in [6.45, 7) is 5.36. The molecule has 0 saturated carbocycles. The summed E-state index contributed by atoms with van der Waals surface area (Å²) in [7, 11) is 1.84. The van der Waals surface area contributed by atoms with Gasteiger partial charge in [0, 0.05) is 44.6 Å². The molecule has 3 rings (SSSR count). The Hall–Kier alpha value is -2.49. The van der Waals surface area contributed by atoms with Gasteiger partial charge >= 0.3 is 6.03 Å². The molecule has 120 valence electrons. The normalized spacial score (nSPS) is 14.7. The summed E-state index contributed by atoms with van der Waals surface area (Å²) in [4.78, 5) is 18.6. The van der Waals surface area contributed by atoms with Gasteiger partial charge in [-0.05, 0) is 36.8 Å². The van der Waals surface area contributed by atoms with E-state index in [4.69, 9.17) is 0 Å². The summed E-state index contributed by atoms with van der Waals surface area (Å²) in [5, 5.41) is 0. The van der Waals surface area contributed by atoms with Crippen molar-refractivity contribution in [3.8, 4) is 0 Å². The molecule has 1 saturated heterocycles. The van der Waals surface area contributed by atoms with Crippen LogP contribution >= 0.6 is 0 Å². The maximum atomic E-state index is 12.6. The van der Waals surface area contributed by atoms with Gasteiger partial charge in [0.2, 0.25) is 0 Å². The van der Waals surface area contributed by atoms with Crippen LogP contribution in [0.2, 0.25) is 0 Å². The summed E-state index contributed by atoms with van der Waals surface area (Å²) in [5.41, 5.74) is 3.44. The molecule has 4 heteroatoms. The fourth-order valence-electron chi connectivity index (χ4n) is 2.95. The predicted octanol–water partition coefficient (Wildman–Crippen LogP) is 3.37. The minimum absolute atomic E-state index is 0.0695. The van der Waals surface area contributed by atoms with Gasteiger partial charge in [-0.3, -0.25) is 4.90 Å². The van der Waals surface area contributed by atoms with Crippen LogP contribution in [-0.2, 0) is 0 Å². The van der Waals surface area contributed by atoms with Gasteiger partial charge in [0.1, 0.15) is 0 Å². The molecule has 23 heavy (non-hydrogen) atoms. The maximum absolute atomic E-state index is 12.6. The number of carbonyl (C=O) groups excluding carboxylic acids is 1. The Morgan fingerprint density at radius 3 is 2.30 bits per heavy atom. The molecule has 0 aromatic heterocycles. The second-order valence-corrected chi connectivity index (χ2v) is 5.99. The lowest BCUT2D eigenvalue weighted by Crippen LogP contribution is -2.52. The SMILES string of the molecule is Cc1cccc(N2CCN(C(=O)N(C)c3ccccc3)CC2)c1. The van der Waals surface area contributed by atoms with Gasteiger partial charge in [-0.25, -0.2) is 4.79 Å². The molecule has 0 bridgehead atoms. The highest BCUT2D eigenvalue weighted by Crippen LogP contribution is 2.19. The molecule has 0 spiro atoms. The van der Waals surface area contributed by atoms with Crippen LogP contribution in [0.5, 0.6) is 0 Å². The molecular weight excluding hydrogens is 286 g/mol. The van der Waals surface area contributed by atoms with Gasteiger partial charge in [0.05, 0.1) is 0 Å². The zero-order chi connectivity index (χ0) is 16.2. The number of rotatable bonds is 2. The molecule has 0 N–H and O–H groups in total. The first-order chi connectivity index (χ1) is 11.1. The summed E-state index contributed by atoms with van der Waals surface area (Å²) in [5.74, 6) is 0. The van der Waals surface area contributed by atoms with E-state index in [1.54, 1.807) is 4.90 Å². The van der Waals surface area contributed by atoms with E-state index in [1.807, 2.05) is 42.3 Å². The van der Waals surface area contributed by atoms with Crippen molar-refractivity contribution in [1.82, 2.24) is 4.90 Å². The van der Waals surface area contributed by atoms with Gasteiger partial charge in [-0.15, -0.1) is 0 Å². The van der Waals surface area contributed by atoms with E-state index in [0.717, 1.165) is 31.9 Å². The van der Waals surface area contributed by atoms with Crippen LogP contribution in [0.1, 0.15) is 5.56 Å². The number of hydrogen-bond donors (Lipinski definition) is 0. The molecule has 1 heterocycles. The molecule has 1 aliphatic heterocycles. The van der Waals surface area contributed by atoms with E-state index in [0.29, 0.717) is 0 Å². The monoisotopic (exact) mass is 309 g/mol. The lowest BCUT2D eigenvalue weighted by molar-refractivity contribution is 0.202. The number of para-hydroxylation sites is 1. The van der Waals surface area contributed by atoms with Gasteiger partial charge in [0.15, 0.2) is 0 Å². The fourth-order valence-corrected chi connectivity index (χ4v) is 2.95. The standard InChI is InChI=1S/C19H23N3O/c1-16-7-6-10-18(15-16)21-11-13-22(14-12-21)19(23)20(2)17-8-4-3-5-9-17/h3-10,15H,11-14H2,1-2H3. The van der Waals surface area contributed by atoms with Gasteiger partial charge in [-0.1, -0.05) is 30.3 Å². The van der Waals surface area contributed by atoms with Crippen molar-refractivity contribution in [2.24, 2.45) is 0 Å². The highest BCUT2D eigenvalue weighted by Gasteiger charge is 2.24. The molecule has 1 aliphatic rings. The molecule has 1 fully saturated rings. The molecule has 0 radical (unpaired) electrons. The third-order valence-corrected chi connectivity index (χ3v) is 4.35. The zero-order valence-corrected chi connectivity index (χ0v) is 13.8. The Balaban J connectivity index is 1.61. The molecule has 0 unspecified atom stereocenters. The number of piperazine rings is 1. The number of amides is 2. The minimum Gasteiger partial charge on any atom is -0.368 e. The number of urea groups is 1. The Morgan fingerprint density at radius 1 is 0.957 bits per heavy atom. The Kier molecular flexibility index (Phi) is 4.51. The van der Waals surface area contributed by atoms with Gasteiger partial charge < -0.3 is 9.80 Å². The van der Waals surface area contributed by atoms with Crippen LogP contribution in [0, 0.1) is 6.92 Å². The lowest BCUT2D eigenvalue weighted by atomic mass is 10.2. The summed E-state index contributed by atoms with van der Waals surface area (Å²) < 4.78 is 0. The van der Waals surface area contributed by atoms with Crippen LogP contribution in [0.25, 0.3) is 0 Å². The van der Waals surface area contributed by atoms with Crippen molar-refractivity contribution >= 4 is 17.4 Å². The first kappa shape index (κ1) is 15.4. The Morgan fingerprint density at radius 2 is 1.65 bits per heavy atom. The number of benzene rings is 2. The van der Waals surface area contributed by atoms with Crippen molar-refractivity contribution < 1.29 is 4.79 Å². The van der Waals surface area contributed by atoms with E-state index in [9.17, 15) is 4.79 Å². The lowest BCUT2D eigenvalue weighted by Gasteiger charge is -2.37. The van der Waals surface area contributed by atoms with E-state index in [1.165, 1.54) is 11.3 Å². The quantitative estimate of drug-likeness (QED) is 0.850. The molecule has 0 aliphatic carbocycles. The number of anilines is 2. The number of aryl methyl sites for hydroxylation is 1. The van der Waals surface area contributed by atoms with E-state index in [-0.39, 0.29) is 6.03 Å². The second kappa shape index (κ2) is 6.73.